The van der Waals surface area contributed by atoms with Gasteiger partial charge < -0.3 is 25.2 Å². The normalized spacial score (nSPS) is 28.1. The lowest BCUT2D eigenvalue weighted by atomic mass is 9.53. The van der Waals surface area contributed by atoms with Gasteiger partial charge >= 0.3 is 6.03 Å². The maximum atomic E-state index is 13.1. The standard InChI is InChI=1S/C44H51N3O4/c48-30-34-13-15-38(16-14-34)41-22-40(29-47(27-32-7-3-1-4-8-32)28-33-9-5-2-6-10-33)50-42(51-41)39-17-11-31(12-18-39)26-45-43(49)46-44-23-35-19-36(24-44)21-37(20-35)25-44/h1-18,35-37,40-42,48H,19-30H2,(H2,45,46,49)/t35?,36?,37?,40-,41+,42+,44?/m1/s1. The summed E-state index contributed by atoms with van der Waals surface area (Å²) in [4.78, 5) is 15.6. The second kappa shape index (κ2) is 15.3. The minimum Gasteiger partial charge on any atom is -0.392 e. The molecule has 1 aliphatic heterocycles. The number of nitrogens with zero attached hydrogens (tertiary/aromatic N) is 1. The van der Waals surface area contributed by atoms with Crippen molar-refractivity contribution in [1.29, 1.82) is 0 Å². The van der Waals surface area contributed by atoms with Gasteiger partial charge in [-0.2, -0.15) is 0 Å². The molecule has 1 saturated heterocycles. The molecular weight excluding hydrogens is 635 g/mol. The van der Waals surface area contributed by atoms with Gasteiger partial charge in [0.1, 0.15) is 0 Å². The summed E-state index contributed by atoms with van der Waals surface area (Å²) in [6.45, 7) is 2.86. The minimum atomic E-state index is -0.539. The number of nitrogens with one attached hydrogen (secondary N) is 2. The zero-order valence-electron chi connectivity index (χ0n) is 29.5. The van der Waals surface area contributed by atoms with Crippen LogP contribution in [-0.2, 0) is 35.7 Å². The van der Waals surface area contributed by atoms with E-state index in [4.69, 9.17) is 9.47 Å². The van der Waals surface area contributed by atoms with Crippen LogP contribution in [0.5, 0.6) is 0 Å². The summed E-state index contributed by atoms with van der Waals surface area (Å²) in [6, 6.07) is 37.5. The largest absolute Gasteiger partial charge is 0.392 e. The van der Waals surface area contributed by atoms with Crippen LogP contribution in [0.1, 0.15) is 90.7 Å². The fraction of sp³-hybridized carbons (Fsp3) is 0.432. The Labute approximate surface area is 302 Å². The van der Waals surface area contributed by atoms with Gasteiger partial charge in [0.2, 0.25) is 0 Å². The summed E-state index contributed by atoms with van der Waals surface area (Å²) in [5, 5.41) is 16.2. The van der Waals surface area contributed by atoms with Gasteiger partial charge in [0.05, 0.1) is 18.8 Å². The molecule has 266 valence electrons. The molecule has 9 rings (SSSR count). The van der Waals surface area contributed by atoms with Crippen molar-refractivity contribution in [2.75, 3.05) is 6.54 Å². The number of hydrogen-bond donors (Lipinski definition) is 3. The summed E-state index contributed by atoms with van der Waals surface area (Å²) < 4.78 is 13.4. The van der Waals surface area contributed by atoms with E-state index in [-0.39, 0.29) is 30.4 Å². The third-order valence-corrected chi connectivity index (χ3v) is 11.7. The molecule has 3 atom stereocenters. The quantitative estimate of drug-likeness (QED) is 0.140. The van der Waals surface area contributed by atoms with E-state index in [1.165, 1.54) is 30.4 Å². The van der Waals surface area contributed by atoms with E-state index in [1.54, 1.807) is 0 Å². The predicted octanol–water partition coefficient (Wildman–Crippen LogP) is 8.19. The van der Waals surface area contributed by atoms with Crippen LogP contribution < -0.4 is 10.6 Å². The molecule has 0 aromatic heterocycles. The molecule has 5 fully saturated rings. The van der Waals surface area contributed by atoms with E-state index >= 15 is 0 Å². The highest BCUT2D eigenvalue weighted by atomic mass is 16.7. The highest BCUT2D eigenvalue weighted by Crippen LogP contribution is 2.55. The van der Waals surface area contributed by atoms with Crippen molar-refractivity contribution in [1.82, 2.24) is 15.5 Å². The van der Waals surface area contributed by atoms with Gasteiger partial charge in [-0.25, -0.2) is 4.79 Å². The molecular formula is C44H51N3O4. The van der Waals surface area contributed by atoms with Crippen LogP contribution in [0.2, 0.25) is 0 Å². The first-order valence-electron chi connectivity index (χ1n) is 18.9. The van der Waals surface area contributed by atoms with Gasteiger partial charge in [-0.15, -0.1) is 0 Å². The number of aliphatic hydroxyl groups is 1. The molecule has 4 aliphatic carbocycles. The Bertz CT molecular complexity index is 1650. The van der Waals surface area contributed by atoms with E-state index in [0.717, 1.165) is 85.3 Å². The maximum absolute atomic E-state index is 13.1. The Kier molecular flexibility index (Phi) is 10.2. The number of urea groups is 1. The van der Waals surface area contributed by atoms with Crippen molar-refractivity contribution in [2.45, 2.75) is 95.2 Å². The molecule has 0 spiro atoms. The van der Waals surface area contributed by atoms with Gasteiger partial charge in [0.25, 0.3) is 0 Å². The Morgan fingerprint density at radius 2 is 1.22 bits per heavy atom. The fourth-order valence-corrected chi connectivity index (χ4v) is 9.71. The zero-order chi connectivity index (χ0) is 34.6. The summed E-state index contributed by atoms with van der Waals surface area (Å²) in [5.41, 5.74) is 6.49. The molecule has 4 aromatic rings. The van der Waals surface area contributed by atoms with Gasteiger partial charge in [-0.3, -0.25) is 4.90 Å². The molecule has 4 aromatic carbocycles. The summed E-state index contributed by atoms with van der Waals surface area (Å²) in [6.07, 6.45) is 7.46. The number of carbonyl (C=O) groups is 1. The molecule has 7 nitrogen and oxygen atoms in total. The Morgan fingerprint density at radius 1 is 0.667 bits per heavy atom. The molecule has 3 N–H and O–H groups in total. The number of rotatable bonds is 12. The van der Waals surface area contributed by atoms with Crippen molar-refractivity contribution < 1.29 is 19.4 Å². The van der Waals surface area contributed by atoms with Crippen LogP contribution in [-0.4, -0.2) is 34.2 Å². The molecule has 0 radical (unpaired) electrons. The molecule has 7 heteroatoms. The fourth-order valence-electron chi connectivity index (χ4n) is 9.71. The average molecular weight is 686 g/mol. The monoisotopic (exact) mass is 685 g/mol. The number of carbonyl (C=O) groups excluding carboxylic acids is 1. The van der Waals surface area contributed by atoms with Crippen molar-refractivity contribution in [3.05, 3.63) is 143 Å². The summed E-state index contributed by atoms with van der Waals surface area (Å²) >= 11 is 0. The van der Waals surface area contributed by atoms with Crippen molar-refractivity contribution in [3.63, 3.8) is 0 Å². The van der Waals surface area contributed by atoms with Gasteiger partial charge in [-0.05, 0) is 84.1 Å². The molecule has 2 amide bonds. The van der Waals surface area contributed by atoms with Crippen LogP contribution in [0.3, 0.4) is 0 Å². The van der Waals surface area contributed by atoms with Crippen LogP contribution >= 0.6 is 0 Å². The van der Waals surface area contributed by atoms with Crippen molar-refractivity contribution in [3.8, 4) is 0 Å². The van der Waals surface area contributed by atoms with Crippen molar-refractivity contribution in [2.24, 2.45) is 17.8 Å². The second-order valence-electron chi connectivity index (χ2n) is 15.7. The third-order valence-electron chi connectivity index (χ3n) is 11.7. The SMILES string of the molecule is O=C(NCc1ccc([C@H]2O[C@@H](CN(Cc3ccccc3)Cc3ccccc3)C[C@@H](c3ccc(CO)cc3)O2)cc1)NC12CC3CC(CC(C3)C1)C2. The lowest BCUT2D eigenvalue weighted by molar-refractivity contribution is -0.253. The minimum absolute atomic E-state index is 0.00161. The summed E-state index contributed by atoms with van der Waals surface area (Å²) in [7, 11) is 0. The summed E-state index contributed by atoms with van der Waals surface area (Å²) in [5.74, 6) is 2.38. The van der Waals surface area contributed by atoms with Crippen LogP contribution in [0.25, 0.3) is 0 Å². The number of hydrogen-bond acceptors (Lipinski definition) is 5. The zero-order valence-corrected chi connectivity index (χ0v) is 29.5. The third kappa shape index (κ3) is 8.39. The van der Waals surface area contributed by atoms with E-state index in [9.17, 15) is 9.90 Å². The number of benzene rings is 4. The molecule has 0 unspecified atom stereocenters. The van der Waals surface area contributed by atoms with Crippen LogP contribution in [0, 0.1) is 17.8 Å². The number of ether oxygens (including phenoxy) is 2. The van der Waals surface area contributed by atoms with Gasteiger partial charge in [0, 0.05) is 43.7 Å². The molecule has 51 heavy (non-hydrogen) atoms. The Balaban J connectivity index is 0.950. The Morgan fingerprint density at radius 3 is 1.78 bits per heavy atom. The lowest BCUT2D eigenvalue weighted by Gasteiger charge is -2.56. The topological polar surface area (TPSA) is 83.1 Å². The first kappa shape index (κ1) is 34.1. The number of amides is 2. The highest BCUT2D eigenvalue weighted by Gasteiger charge is 2.51. The van der Waals surface area contributed by atoms with E-state index in [0.29, 0.717) is 6.54 Å². The van der Waals surface area contributed by atoms with Gasteiger partial charge in [0.15, 0.2) is 6.29 Å². The molecule has 4 saturated carbocycles. The van der Waals surface area contributed by atoms with E-state index in [1.807, 2.05) is 12.1 Å². The van der Waals surface area contributed by atoms with E-state index in [2.05, 4.69) is 113 Å². The Hall–Kier alpha value is -4.01. The smallest absolute Gasteiger partial charge is 0.315 e. The highest BCUT2D eigenvalue weighted by molar-refractivity contribution is 5.75. The molecule has 4 bridgehead atoms. The predicted molar refractivity (Wildman–Crippen MR) is 198 cm³/mol. The molecule has 1 heterocycles. The first-order valence-corrected chi connectivity index (χ1v) is 18.9. The number of aliphatic hydroxyl groups excluding tert-OH is 1. The van der Waals surface area contributed by atoms with E-state index < -0.39 is 6.29 Å². The van der Waals surface area contributed by atoms with Crippen molar-refractivity contribution >= 4 is 6.03 Å². The lowest BCUT2D eigenvalue weighted by Crippen LogP contribution is -2.61. The first-order chi connectivity index (χ1) is 25.0. The molecule has 5 aliphatic rings. The van der Waals surface area contributed by atoms with Crippen LogP contribution in [0.15, 0.2) is 109 Å². The maximum Gasteiger partial charge on any atom is 0.315 e. The van der Waals surface area contributed by atoms with Crippen LogP contribution in [0.4, 0.5) is 4.79 Å². The average Bonchev–Trinajstić information content (AvgIpc) is 3.14. The second-order valence-corrected chi connectivity index (χ2v) is 15.7. The van der Waals surface area contributed by atoms with Gasteiger partial charge in [-0.1, -0.05) is 109 Å².